The van der Waals surface area contributed by atoms with E-state index in [-0.39, 0.29) is 16.6 Å². The molecule has 0 aliphatic heterocycles. The third-order valence-corrected chi connectivity index (χ3v) is 11.1. The lowest BCUT2D eigenvalue weighted by atomic mass is 9.46. The second-order valence-electron chi connectivity index (χ2n) is 11.9. The van der Waals surface area contributed by atoms with Crippen molar-refractivity contribution in [3.63, 3.8) is 0 Å². The van der Waals surface area contributed by atoms with Gasteiger partial charge in [0.2, 0.25) is 0 Å². The molecule has 4 aliphatic rings. The van der Waals surface area contributed by atoms with E-state index in [1.54, 1.807) is 14.0 Å². The van der Waals surface area contributed by atoms with E-state index >= 15 is 0 Å². The van der Waals surface area contributed by atoms with Gasteiger partial charge >= 0.3 is 0 Å². The smallest absolute Gasteiger partial charge is 0.169 e. The van der Waals surface area contributed by atoms with E-state index in [2.05, 4.69) is 35.9 Å². The zero-order valence-corrected chi connectivity index (χ0v) is 22.6. The van der Waals surface area contributed by atoms with E-state index in [9.17, 15) is 9.90 Å². The van der Waals surface area contributed by atoms with Crippen LogP contribution in [0.3, 0.4) is 0 Å². The highest BCUT2D eigenvalue weighted by molar-refractivity contribution is 9.10. The van der Waals surface area contributed by atoms with Gasteiger partial charge in [-0.3, -0.25) is 4.79 Å². The Hall–Kier alpha value is -1.01. The maximum Gasteiger partial charge on any atom is 0.169 e. The number of ether oxygens (including phenoxy) is 2. The van der Waals surface area contributed by atoms with Gasteiger partial charge in [-0.1, -0.05) is 53.6 Å². The Morgan fingerprint density at radius 1 is 1.09 bits per heavy atom. The van der Waals surface area contributed by atoms with Crippen molar-refractivity contribution in [1.82, 2.24) is 0 Å². The zero-order valence-electron chi connectivity index (χ0n) is 21.0. The van der Waals surface area contributed by atoms with Crippen LogP contribution in [0.25, 0.3) is 0 Å². The minimum atomic E-state index is -1.10. The van der Waals surface area contributed by atoms with Crippen LogP contribution in [0.1, 0.15) is 77.7 Å². The van der Waals surface area contributed by atoms with Gasteiger partial charge in [0.25, 0.3) is 0 Å². The van der Waals surface area contributed by atoms with Crippen LogP contribution in [0.4, 0.5) is 0 Å². The van der Waals surface area contributed by atoms with Gasteiger partial charge < -0.3 is 14.6 Å². The lowest BCUT2D eigenvalue weighted by molar-refractivity contribution is -0.232. The molecule has 4 aliphatic carbocycles. The summed E-state index contributed by atoms with van der Waals surface area (Å²) in [6, 6.07) is 8.09. The number of aliphatic hydroxyl groups is 1. The van der Waals surface area contributed by atoms with Crippen molar-refractivity contribution in [1.29, 1.82) is 0 Å². The largest absolute Gasteiger partial charge is 0.370 e. The molecule has 0 radical (unpaired) electrons. The van der Waals surface area contributed by atoms with Crippen LogP contribution in [0.2, 0.25) is 0 Å². The Morgan fingerprint density at radius 3 is 2.47 bits per heavy atom. The average molecular weight is 532 g/mol. The standard InChI is InChI=1S/C29H39BrO4/c1-19(31)29(33-4)14-12-25-23-10-7-21-17-28(32,34-18-20-5-8-22(30)9-6-20)16-15-26(21,2)24(23)11-13-27(25,29)3/h5-9,23-25,32H,10-18H2,1-4H3. The highest BCUT2D eigenvalue weighted by atomic mass is 79.9. The second-order valence-corrected chi connectivity index (χ2v) is 12.8. The molecule has 5 rings (SSSR count). The molecule has 0 heterocycles. The Kier molecular flexibility index (Phi) is 6.20. The molecule has 7 unspecified atom stereocenters. The summed E-state index contributed by atoms with van der Waals surface area (Å²) in [7, 11) is 1.73. The van der Waals surface area contributed by atoms with Crippen LogP contribution in [0.5, 0.6) is 0 Å². The number of methoxy groups -OCH3 is 1. The Morgan fingerprint density at radius 2 is 1.79 bits per heavy atom. The fraction of sp³-hybridized carbons (Fsp3) is 0.690. The highest BCUT2D eigenvalue weighted by Gasteiger charge is 2.66. The Balaban J connectivity index is 1.35. The molecule has 5 heteroatoms. The molecule has 1 N–H and O–H groups in total. The number of hydrogen-bond donors (Lipinski definition) is 1. The Labute approximate surface area is 212 Å². The van der Waals surface area contributed by atoms with Gasteiger partial charge in [0.15, 0.2) is 11.6 Å². The predicted octanol–water partition coefficient (Wildman–Crippen LogP) is 6.59. The molecule has 186 valence electrons. The molecule has 0 amide bonds. The third-order valence-electron chi connectivity index (χ3n) is 10.6. The van der Waals surface area contributed by atoms with E-state index in [1.165, 1.54) is 5.57 Å². The Bertz CT molecular complexity index is 988. The van der Waals surface area contributed by atoms with Crippen molar-refractivity contribution >= 4 is 21.7 Å². The van der Waals surface area contributed by atoms with E-state index in [1.807, 2.05) is 24.3 Å². The topological polar surface area (TPSA) is 55.8 Å². The van der Waals surface area contributed by atoms with Crippen molar-refractivity contribution in [2.45, 2.75) is 90.1 Å². The maximum atomic E-state index is 12.8. The van der Waals surface area contributed by atoms with Crippen LogP contribution in [0.15, 0.2) is 40.4 Å². The molecule has 0 saturated heterocycles. The molecular weight excluding hydrogens is 492 g/mol. The van der Waals surface area contributed by atoms with Crippen molar-refractivity contribution in [3.05, 3.63) is 46.0 Å². The second kappa shape index (κ2) is 8.54. The monoisotopic (exact) mass is 530 g/mol. The number of benzene rings is 1. The molecule has 1 aromatic rings. The molecule has 0 aromatic heterocycles. The van der Waals surface area contributed by atoms with Crippen molar-refractivity contribution in [2.24, 2.45) is 28.6 Å². The first-order valence-electron chi connectivity index (χ1n) is 12.9. The van der Waals surface area contributed by atoms with Crippen molar-refractivity contribution in [3.8, 4) is 0 Å². The number of halogens is 1. The summed E-state index contributed by atoms with van der Waals surface area (Å²) in [6.07, 6.45) is 9.75. The molecule has 4 nitrogen and oxygen atoms in total. The van der Waals surface area contributed by atoms with Gasteiger partial charge in [-0.05, 0) is 86.3 Å². The molecule has 0 bridgehead atoms. The van der Waals surface area contributed by atoms with Crippen LogP contribution in [0, 0.1) is 28.6 Å². The summed E-state index contributed by atoms with van der Waals surface area (Å²) in [4.78, 5) is 12.8. The first-order chi connectivity index (χ1) is 16.1. The number of Topliss-reactive ketones (excluding diaryl/α,β-unsaturated/α-hetero) is 1. The molecular formula is C29H39BrO4. The number of rotatable bonds is 5. The van der Waals surface area contributed by atoms with E-state index < -0.39 is 11.4 Å². The van der Waals surface area contributed by atoms with E-state index in [0.29, 0.717) is 37.2 Å². The number of allylic oxidation sites excluding steroid dienone is 1. The summed E-state index contributed by atoms with van der Waals surface area (Å²) in [5.41, 5.74) is 1.85. The number of hydrogen-bond acceptors (Lipinski definition) is 4. The fourth-order valence-corrected chi connectivity index (χ4v) is 8.86. The van der Waals surface area contributed by atoms with E-state index in [0.717, 1.165) is 48.6 Å². The van der Waals surface area contributed by atoms with Gasteiger partial charge in [0.1, 0.15) is 5.60 Å². The molecule has 3 saturated carbocycles. The van der Waals surface area contributed by atoms with Crippen LogP contribution in [-0.2, 0) is 20.9 Å². The molecule has 34 heavy (non-hydrogen) atoms. The maximum absolute atomic E-state index is 12.8. The zero-order chi connectivity index (χ0) is 24.4. The molecule has 1 aromatic carbocycles. The summed E-state index contributed by atoms with van der Waals surface area (Å²) >= 11 is 3.47. The quantitative estimate of drug-likeness (QED) is 0.344. The minimum Gasteiger partial charge on any atom is -0.370 e. The third kappa shape index (κ3) is 3.60. The fourth-order valence-electron chi connectivity index (χ4n) is 8.59. The predicted molar refractivity (Wildman–Crippen MR) is 136 cm³/mol. The van der Waals surface area contributed by atoms with Crippen molar-refractivity contribution in [2.75, 3.05) is 7.11 Å². The lowest BCUT2D eigenvalue weighted by Crippen LogP contribution is -2.58. The molecule has 7 atom stereocenters. The summed E-state index contributed by atoms with van der Waals surface area (Å²) in [5, 5.41) is 11.4. The molecule has 0 spiro atoms. The summed E-state index contributed by atoms with van der Waals surface area (Å²) in [6.45, 7) is 6.89. The molecule has 3 fully saturated rings. The van der Waals surface area contributed by atoms with Crippen LogP contribution >= 0.6 is 15.9 Å². The first kappa shape index (κ1) is 24.7. The number of carbonyl (C=O) groups excluding carboxylic acids is 1. The number of carbonyl (C=O) groups is 1. The number of fused-ring (bicyclic) bond motifs is 5. The summed E-state index contributed by atoms with van der Waals surface area (Å²) in [5.74, 6) is 0.795. The first-order valence-corrected chi connectivity index (χ1v) is 13.7. The average Bonchev–Trinajstić information content (AvgIpc) is 3.13. The SMILES string of the molecule is COC1(C(C)=O)CCC2C3CC=C4CC(O)(OCc5ccc(Br)cc5)CCC4(C)C3CCC21C. The van der Waals surface area contributed by atoms with Gasteiger partial charge in [0.05, 0.1) is 6.61 Å². The van der Waals surface area contributed by atoms with E-state index in [4.69, 9.17) is 9.47 Å². The number of ketones is 1. The minimum absolute atomic E-state index is 0.0837. The van der Waals surface area contributed by atoms with Gasteiger partial charge in [0, 0.05) is 29.8 Å². The highest BCUT2D eigenvalue weighted by Crippen LogP contribution is 2.68. The lowest BCUT2D eigenvalue weighted by Gasteiger charge is -2.59. The van der Waals surface area contributed by atoms with Gasteiger partial charge in [-0.15, -0.1) is 0 Å². The van der Waals surface area contributed by atoms with Gasteiger partial charge in [-0.25, -0.2) is 0 Å². The van der Waals surface area contributed by atoms with Crippen molar-refractivity contribution < 1.29 is 19.4 Å². The summed E-state index contributed by atoms with van der Waals surface area (Å²) < 4.78 is 13.2. The van der Waals surface area contributed by atoms with Crippen LogP contribution in [-0.4, -0.2) is 29.4 Å². The van der Waals surface area contributed by atoms with Crippen LogP contribution < -0.4 is 0 Å². The van der Waals surface area contributed by atoms with Gasteiger partial charge in [-0.2, -0.15) is 0 Å². The normalized spacial score (nSPS) is 43.5.